The summed E-state index contributed by atoms with van der Waals surface area (Å²) in [5.74, 6) is 2.17. The maximum atomic E-state index is 6.02. The molecule has 0 bridgehead atoms. The highest BCUT2D eigenvalue weighted by atomic mass is 16.5. The highest BCUT2D eigenvalue weighted by Crippen LogP contribution is 2.36. The van der Waals surface area contributed by atoms with Gasteiger partial charge in [0.2, 0.25) is 5.88 Å². The average molecular weight is 299 g/mol. The highest BCUT2D eigenvalue weighted by molar-refractivity contribution is 5.58. The first-order valence-corrected chi connectivity index (χ1v) is 7.91. The van der Waals surface area contributed by atoms with E-state index >= 15 is 0 Å². The van der Waals surface area contributed by atoms with Gasteiger partial charge in [0, 0.05) is 13.1 Å². The van der Waals surface area contributed by atoms with Crippen LogP contribution in [0.4, 0.5) is 0 Å². The lowest BCUT2D eigenvalue weighted by atomic mass is 10.0. The fraction of sp³-hybridized carbons (Fsp3) is 0.562. The first kappa shape index (κ1) is 13.7. The first-order valence-electron chi connectivity index (χ1n) is 7.91. The molecule has 1 aliphatic heterocycles. The van der Waals surface area contributed by atoms with Crippen LogP contribution in [0.1, 0.15) is 18.4 Å². The van der Waals surface area contributed by atoms with Crippen molar-refractivity contribution in [1.82, 2.24) is 25.3 Å². The Labute approximate surface area is 129 Å². The number of aryl methyl sites for hydroxylation is 2. The fourth-order valence-corrected chi connectivity index (χ4v) is 3.80. The van der Waals surface area contributed by atoms with Gasteiger partial charge in [0.05, 0.1) is 11.9 Å². The lowest BCUT2D eigenvalue weighted by Crippen LogP contribution is -2.19. The van der Waals surface area contributed by atoms with Crippen LogP contribution < -0.4 is 10.1 Å². The fourth-order valence-electron chi connectivity index (χ4n) is 3.80. The van der Waals surface area contributed by atoms with Crippen molar-refractivity contribution in [3.8, 4) is 17.3 Å². The summed E-state index contributed by atoms with van der Waals surface area (Å²) in [5.41, 5.74) is 2.93. The van der Waals surface area contributed by atoms with Crippen LogP contribution in [0.25, 0.3) is 11.4 Å². The number of ether oxygens (including phenoxy) is 1. The molecule has 4 rings (SSSR count). The Morgan fingerprint density at radius 1 is 1.18 bits per heavy atom. The minimum Gasteiger partial charge on any atom is -0.473 e. The second kappa shape index (κ2) is 5.35. The van der Waals surface area contributed by atoms with E-state index in [9.17, 15) is 0 Å². The molecular formula is C16H21N5O. The van der Waals surface area contributed by atoms with Crippen molar-refractivity contribution in [3.05, 3.63) is 23.9 Å². The van der Waals surface area contributed by atoms with Gasteiger partial charge in [-0.05, 0) is 56.3 Å². The van der Waals surface area contributed by atoms with E-state index in [0.29, 0.717) is 5.88 Å². The summed E-state index contributed by atoms with van der Waals surface area (Å²) < 4.78 is 7.85. The van der Waals surface area contributed by atoms with Crippen LogP contribution in [-0.4, -0.2) is 39.2 Å². The maximum Gasteiger partial charge on any atom is 0.233 e. The predicted molar refractivity (Wildman–Crippen MR) is 82.5 cm³/mol. The van der Waals surface area contributed by atoms with E-state index in [0.717, 1.165) is 54.7 Å². The number of hydrogen-bond donors (Lipinski definition) is 1. The van der Waals surface area contributed by atoms with Crippen molar-refractivity contribution in [1.29, 1.82) is 0 Å². The topological polar surface area (TPSA) is 64.9 Å². The van der Waals surface area contributed by atoms with Crippen molar-refractivity contribution >= 4 is 0 Å². The normalized spacial score (nSPS) is 27.1. The quantitative estimate of drug-likeness (QED) is 0.932. The molecule has 2 aromatic rings. The second-order valence-electron chi connectivity index (χ2n) is 6.45. The molecule has 1 aliphatic carbocycles. The molecule has 1 saturated heterocycles. The van der Waals surface area contributed by atoms with E-state index in [4.69, 9.17) is 4.74 Å². The molecule has 0 amide bonds. The van der Waals surface area contributed by atoms with Gasteiger partial charge in [0.25, 0.3) is 0 Å². The van der Waals surface area contributed by atoms with Gasteiger partial charge in [0.15, 0.2) is 0 Å². The molecule has 1 N–H and O–H groups in total. The summed E-state index contributed by atoms with van der Waals surface area (Å²) >= 11 is 0. The second-order valence-corrected chi connectivity index (χ2v) is 6.45. The third-order valence-corrected chi connectivity index (χ3v) is 4.90. The van der Waals surface area contributed by atoms with Gasteiger partial charge in [-0.1, -0.05) is 0 Å². The van der Waals surface area contributed by atoms with Crippen molar-refractivity contribution in [2.24, 2.45) is 18.9 Å². The van der Waals surface area contributed by atoms with Gasteiger partial charge in [-0.15, -0.1) is 10.2 Å². The van der Waals surface area contributed by atoms with Crippen molar-refractivity contribution in [3.63, 3.8) is 0 Å². The van der Waals surface area contributed by atoms with Gasteiger partial charge < -0.3 is 10.1 Å². The zero-order valence-electron chi connectivity index (χ0n) is 13.0. The van der Waals surface area contributed by atoms with Crippen molar-refractivity contribution in [2.45, 2.75) is 25.9 Å². The Morgan fingerprint density at radius 3 is 2.55 bits per heavy atom. The molecule has 0 spiro atoms. The first-order chi connectivity index (χ1) is 10.7. The van der Waals surface area contributed by atoms with Crippen LogP contribution in [-0.2, 0) is 7.05 Å². The molecule has 0 aromatic carbocycles. The molecule has 2 aliphatic rings. The summed E-state index contributed by atoms with van der Waals surface area (Å²) in [6, 6.07) is 3.88. The van der Waals surface area contributed by atoms with E-state index in [1.54, 1.807) is 0 Å². The largest absolute Gasteiger partial charge is 0.473 e. The van der Waals surface area contributed by atoms with E-state index in [2.05, 4.69) is 20.6 Å². The van der Waals surface area contributed by atoms with Gasteiger partial charge >= 0.3 is 0 Å². The number of rotatable bonds is 3. The van der Waals surface area contributed by atoms with Gasteiger partial charge in [-0.2, -0.15) is 5.10 Å². The predicted octanol–water partition coefficient (Wildman–Crippen LogP) is 1.56. The number of hydrogen-bond acceptors (Lipinski definition) is 5. The Balaban J connectivity index is 1.46. The van der Waals surface area contributed by atoms with E-state index in [1.807, 2.05) is 37.0 Å². The number of nitrogens with one attached hydrogen (secondary N) is 1. The van der Waals surface area contributed by atoms with Crippen LogP contribution in [0, 0.1) is 18.8 Å². The molecule has 2 unspecified atom stereocenters. The van der Waals surface area contributed by atoms with E-state index in [-0.39, 0.29) is 6.10 Å². The molecule has 2 atom stereocenters. The van der Waals surface area contributed by atoms with E-state index < -0.39 is 0 Å². The van der Waals surface area contributed by atoms with Crippen LogP contribution in [0.3, 0.4) is 0 Å². The summed E-state index contributed by atoms with van der Waals surface area (Å²) in [5, 5.41) is 16.2. The van der Waals surface area contributed by atoms with Gasteiger partial charge in [-0.25, -0.2) is 0 Å². The van der Waals surface area contributed by atoms with Gasteiger partial charge in [0.1, 0.15) is 11.8 Å². The smallest absolute Gasteiger partial charge is 0.233 e. The molecule has 6 heteroatoms. The summed E-state index contributed by atoms with van der Waals surface area (Å²) in [4.78, 5) is 0. The summed E-state index contributed by atoms with van der Waals surface area (Å²) in [6.45, 7) is 4.30. The molecule has 2 fully saturated rings. The third-order valence-electron chi connectivity index (χ3n) is 4.90. The lowest BCUT2D eigenvalue weighted by molar-refractivity contribution is 0.189. The Bertz CT molecular complexity index is 634. The third kappa shape index (κ3) is 2.37. The average Bonchev–Trinajstić information content (AvgIpc) is 3.16. The SMILES string of the molecule is Cc1cnn(C)c1-c1ccc(OC2CC3CNCC3C2)nn1. The molecule has 1 saturated carbocycles. The van der Waals surface area contributed by atoms with Gasteiger partial charge in [-0.3, -0.25) is 4.68 Å². The summed E-state index contributed by atoms with van der Waals surface area (Å²) in [7, 11) is 1.92. The Kier molecular flexibility index (Phi) is 3.33. The Hall–Kier alpha value is -1.95. The monoisotopic (exact) mass is 299 g/mol. The zero-order valence-corrected chi connectivity index (χ0v) is 13.0. The molecule has 22 heavy (non-hydrogen) atoms. The number of fused-ring (bicyclic) bond motifs is 1. The van der Waals surface area contributed by atoms with E-state index in [1.165, 1.54) is 0 Å². The molecular weight excluding hydrogens is 278 g/mol. The minimum atomic E-state index is 0.288. The van der Waals surface area contributed by atoms with Crippen molar-refractivity contribution < 1.29 is 4.74 Å². The highest BCUT2D eigenvalue weighted by Gasteiger charge is 2.38. The van der Waals surface area contributed by atoms with Crippen LogP contribution in [0.15, 0.2) is 18.3 Å². The van der Waals surface area contributed by atoms with Crippen molar-refractivity contribution in [2.75, 3.05) is 13.1 Å². The molecule has 116 valence electrons. The van der Waals surface area contributed by atoms with Crippen LogP contribution in [0.5, 0.6) is 5.88 Å². The van der Waals surface area contributed by atoms with Crippen LogP contribution in [0.2, 0.25) is 0 Å². The van der Waals surface area contributed by atoms with Crippen LogP contribution >= 0.6 is 0 Å². The number of aromatic nitrogens is 4. The minimum absolute atomic E-state index is 0.288. The standard InChI is InChI=1S/C16H21N5O/c1-10-7-18-21(2)16(10)14-3-4-15(20-19-14)22-13-5-11-8-17-9-12(11)6-13/h3-4,7,11-13,17H,5-6,8-9H2,1-2H3. The molecule has 0 radical (unpaired) electrons. The lowest BCUT2D eigenvalue weighted by Gasteiger charge is -2.13. The zero-order chi connectivity index (χ0) is 15.1. The summed E-state index contributed by atoms with van der Waals surface area (Å²) in [6.07, 6.45) is 4.38. The maximum absolute atomic E-state index is 6.02. The number of nitrogens with zero attached hydrogens (tertiary/aromatic N) is 4. The molecule has 6 nitrogen and oxygen atoms in total. The Morgan fingerprint density at radius 2 is 1.95 bits per heavy atom. The molecule has 3 heterocycles. The molecule has 2 aromatic heterocycles.